The van der Waals surface area contributed by atoms with Crippen molar-refractivity contribution in [3.05, 3.63) is 77.2 Å². The van der Waals surface area contributed by atoms with Crippen LogP contribution in [0.2, 0.25) is 0 Å². The maximum Gasteiger partial charge on any atom is 0.250 e. The Balaban J connectivity index is 1.59. The number of nitrogens with one attached hydrogen (secondary N) is 1. The molecule has 0 atom stereocenters. The number of sulfonamides is 1. The lowest BCUT2D eigenvalue weighted by Gasteiger charge is -2.06. The summed E-state index contributed by atoms with van der Waals surface area (Å²) in [6.45, 7) is 2.29. The predicted octanol–water partition coefficient (Wildman–Crippen LogP) is 4.24. The average Bonchev–Trinajstić information content (AvgIpc) is 3.04. The van der Waals surface area contributed by atoms with Gasteiger partial charge in [-0.25, -0.2) is 13.1 Å². The molecule has 0 saturated heterocycles. The Labute approximate surface area is 147 Å². The van der Waals surface area contributed by atoms with Crippen molar-refractivity contribution in [2.24, 2.45) is 0 Å². The summed E-state index contributed by atoms with van der Waals surface area (Å²) < 4.78 is 27.4. The number of benzene rings is 2. The van der Waals surface area contributed by atoms with E-state index < -0.39 is 10.0 Å². The second kappa shape index (κ2) is 7.30. The fourth-order valence-corrected chi connectivity index (χ4v) is 4.81. The van der Waals surface area contributed by atoms with Crippen LogP contribution in [0.4, 0.5) is 0 Å². The summed E-state index contributed by atoms with van der Waals surface area (Å²) in [7, 11) is -3.39. The largest absolute Gasteiger partial charge is 0.250 e. The molecule has 0 unspecified atom stereocenters. The van der Waals surface area contributed by atoms with Gasteiger partial charge in [0.2, 0.25) is 10.0 Å². The molecule has 5 heteroatoms. The summed E-state index contributed by atoms with van der Waals surface area (Å²) >= 11 is 1.29. The van der Waals surface area contributed by atoms with E-state index in [1.165, 1.54) is 16.9 Å². The maximum atomic E-state index is 12.2. The zero-order chi connectivity index (χ0) is 17.0. The fourth-order valence-electron chi connectivity index (χ4n) is 2.45. The van der Waals surface area contributed by atoms with Crippen LogP contribution in [0.1, 0.15) is 10.4 Å². The van der Waals surface area contributed by atoms with E-state index in [-0.39, 0.29) is 0 Å². The molecule has 3 nitrogen and oxygen atoms in total. The van der Waals surface area contributed by atoms with Crippen LogP contribution in [0.25, 0.3) is 11.1 Å². The molecular formula is C19H19NO2S2. The third-order valence-corrected chi connectivity index (χ3v) is 6.70. The zero-order valence-electron chi connectivity index (χ0n) is 13.4. The van der Waals surface area contributed by atoms with Gasteiger partial charge in [0.25, 0.3) is 0 Å². The molecule has 1 aromatic heterocycles. The van der Waals surface area contributed by atoms with Gasteiger partial charge in [0.05, 0.1) is 0 Å². The van der Waals surface area contributed by atoms with E-state index in [1.54, 1.807) is 6.07 Å². The Hall–Kier alpha value is -1.95. The fraction of sp³-hybridized carbons (Fsp3) is 0.158. The summed E-state index contributed by atoms with van der Waals surface area (Å²) in [5.41, 5.74) is 3.45. The minimum Gasteiger partial charge on any atom is -0.210 e. The molecule has 3 rings (SSSR count). The number of thiophene rings is 1. The standard InChI is InChI=1S/C19H19NO2S2/c1-15-7-12-19(23-15)24(21,22)20-14-13-16-8-10-18(11-9-16)17-5-3-2-4-6-17/h2-12,20H,13-14H2,1H3. The highest BCUT2D eigenvalue weighted by Crippen LogP contribution is 2.21. The SMILES string of the molecule is Cc1ccc(S(=O)(=O)NCCc2ccc(-c3ccccc3)cc2)s1. The van der Waals surface area contributed by atoms with Crippen LogP contribution in [0.5, 0.6) is 0 Å². The topological polar surface area (TPSA) is 46.2 Å². The van der Waals surface area contributed by atoms with Crippen molar-refractivity contribution in [2.75, 3.05) is 6.54 Å². The first-order chi connectivity index (χ1) is 11.5. The van der Waals surface area contributed by atoms with Gasteiger partial charge in [0.15, 0.2) is 0 Å². The minimum absolute atomic E-state index is 0.374. The Kier molecular flexibility index (Phi) is 5.14. The predicted molar refractivity (Wildman–Crippen MR) is 99.8 cm³/mol. The van der Waals surface area contributed by atoms with Crippen LogP contribution in [0.3, 0.4) is 0 Å². The lowest BCUT2D eigenvalue weighted by atomic mass is 10.0. The van der Waals surface area contributed by atoms with Crippen LogP contribution in [0, 0.1) is 6.92 Å². The molecule has 0 radical (unpaired) electrons. The number of hydrogen-bond donors (Lipinski definition) is 1. The molecule has 0 aliphatic carbocycles. The Morgan fingerprint density at radius 3 is 2.17 bits per heavy atom. The highest BCUT2D eigenvalue weighted by molar-refractivity contribution is 7.91. The maximum absolute atomic E-state index is 12.2. The van der Waals surface area contributed by atoms with Gasteiger partial charge in [0, 0.05) is 11.4 Å². The molecule has 3 aromatic rings. The van der Waals surface area contributed by atoms with E-state index in [9.17, 15) is 8.42 Å². The van der Waals surface area contributed by atoms with Gasteiger partial charge in [-0.2, -0.15) is 0 Å². The van der Waals surface area contributed by atoms with Gasteiger partial charge in [-0.1, -0.05) is 54.6 Å². The molecule has 1 heterocycles. The number of aryl methyl sites for hydroxylation is 1. The van der Waals surface area contributed by atoms with E-state index in [0.29, 0.717) is 17.2 Å². The second-order valence-electron chi connectivity index (χ2n) is 5.58. The smallest absolute Gasteiger partial charge is 0.210 e. The molecule has 2 aromatic carbocycles. The Morgan fingerprint density at radius 2 is 1.54 bits per heavy atom. The molecular weight excluding hydrogens is 338 g/mol. The van der Waals surface area contributed by atoms with E-state index >= 15 is 0 Å². The van der Waals surface area contributed by atoms with Crippen LogP contribution in [0.15, 0.2) is 70.9 Å². The molecule has 0 fully saturated rings. The molecule has 0 aliphatic rings. The van der Waals surface area contributed by atoms with Gasteiger partial charge < -0.3 is 0 Å². The van der Waals surface area contributed by atoms with Gasteiger partial charge in [-0.05, 0) is 42.2 Å². The number of rotatable bonds is 6. The van der Waals surface area contributed by atoms with Gasteiger partial charge >= 0.3 is 0 Å². The first-order valence-electron chi connectivity index (χ1n) is 7.75. The van der Waals surface area contributed by atoms with Crippen molar-refractivity contribution in [3.63, 3.8) is 0 Å². The van der Waals surface area contributed by atoms with Crippen molar-refractivity contribution in [3.8, 4) is 11.1 Å². The van der Waals surface area contributed by atoms with E-state index in [0.717, 1.165) is 16.0 Å². The molecule has 1 N–H and O–H groups in total. The normalized spacial score (nSPS) is 11.5. The van der Waals surface area contributed by atoms with E-state index in [4.69, 9.17) is 0 Å². The Morgan fingerprint density at radius 1 is 0.875 bits per heavy atom. The Bertz CT molecular complexity index is 898. The van der Waals surface area contributed by atoms with Crippen molar-refractivity contribution >= 4 is 21.4 Å². The second-order valence-corrected chi connectivity index (χ2v) is 8.86. The van der Waals surface area contributed by atoms with Crippen LogP contribution < -0.4 is 4.72 Å². The lowest BCUT2D eigenvalue weighted by molar-refractivity contribution is 0.584. The molecule has 0 amide bonds. The number of hydrogen-bond acceptors (Lipinski definition) is 3. The monoisotopic (exact) mass is 357 g/mol. The summed E-state index contributed by atoms with van der Waals surface area (Å²) in [5.74, 6) is 0. The first kappa shape index (κ1) is 16.9. The molecule has 0 bridgehead atoms. The molecule has 0 aliphatic heterocycles. The van der Waals surface area contributed by atoms with Crippen LogP contribution >= 0.6 is 11.3 Å². The van der Waals surface area contributed by atoms with Crippen molar-refractivity contribution < 1.29 is 8.42 Å². The lowest BCUT2D eigenvalue weighted by Crippen LogP contribution is -2.25. The molecule has 124 valence electrons. The zero-order valence-corrected chi connectivity index (χ0v) is 15.0. The molecule has 0 saturated carbocycles. The highest BCUT2D eigenvalue weighted by atomic mass is 32.2. The molecule has 0 spiro atoms. The van der Waals surface area contributed by atoms with E-state index in [2.05, 4.69) is 29.0 Å². The average molecular weight is 358 g/mol. The van der Waals surface area contributed by atoms with Crippen molar-refractivity contribution in [1.29, 1.82) is 0 Å². The summed E-state index contributed by atoms with van der Waals surface area (Å²) in [6, 6.07) is 21.9. The summed E-state index contributed by atoms with van der Waals surface area (Å²) in [6.07, 6.45) is 0.665. The van der Waals surface area contributed by atoms with Gasteiger partial charge in [-0.15, -0.1) is 11.3 Å². The van der Waals surface area contributed by atoms with Gasteiger partial charge in [0.1, 0.15) is 4.21 Å². The summed E-state index contributed by atoms with van der Waals surface area (Å²) in [4.78, 5) is 0.992. The van der Waals surface area contributed by atoms with Crippen LogP contribution in [-0.4, -0.2) is 15.0 Å². The quantitative estimate of drug-likeness (QED) is 0.717. The van der Waals surface area contributed by atoms with Crippen LogP contribution in [-0.2, 0) is 16.4 Å². The van der Waals surface area contributed by atoms with Crippen molar-refractivity contribution in [1.82, 2.24) is 4.72 Å². The molecule has 24 heavy (non-hydrogen) atoms. The van der Waals surface area contributed by atoms with E-state index in [1.807, 2.05) is 43.3 Å². The summed E-state index contributed by atoms with van der Waals surface area (Å²) in [5, 5.41) is 0. The third kappa shape index (κ3) is 4.12. The van der Waals surface area contributed by atoms with Gasteiger partial charge in [-0.3, -0.25) is 0 Å². The highest BCUT2D eigenvalue weighted by Gasteiger charge is 2.15. The first-order valence-corrected chi connectivity index (χ1v) is 10.0. The minimum atomic E-state index is -3.39. The third-order valence-electron chi connectivity index (χ3n) is 3.75. The van der Waals surface area contributed by atoms with Crippen molar-refractivity contribution in [2.45, 2.75) is 17.6 Å².